The van der Waals surface area contributed by atoms with Gasteiger partial charge in [-0.15, -0.1) is 0 Å². The molecule has 30 heavy (non-hydrogen) atoms. The molecule has 3 aromatic rings. The molecule has 1 aromatic heterocycles. The highest BCUT2D eigenvalue weighted by atomic mass is 16.6. The first-order valence-electron chi connectivity index (χ1n) is 9.92. The summed E-state index contributed by atoms with van der Waals surface area (Å²) in [4.78, 5) is 27.6. The number of nitrogens with two attached hydrogens (primary N) is 1. The molecule has 0 amide bonds. The van der Waals surface area contributed by atoms with Gasteiger partial charge >= 0.3 is 0 Å². The standard InChI is InChI=1S/C21H26N4O5/c1-3-4-9-30-13-5-6-16-14(10-13)21(27)19-18(12(2)23-7-8-26)15(22)11-17(25(28)29)20(19)24-16/h5-6,10-12,23,26H,3-4,7-9,22H2,1-2H3,(H,24,27). The van der Waals surface area contributed by atoms with Crippen LogP contribution in [0.25, 0.3) is 21.8 Å². The molecule has 0 aliphatic heterocycles. The van der Waals surface area contributed by atoms with Crippen molar-refractivity contribution in [3.63, 3.8) is 0 Å². The molecule has 9 nitrogen and oxygen atoms in total. The SMILES string of the molecule is CCCCOc1ccc2[nH]c3c([N+](=O)[O-])cc(N)c(C(C)NCCO)c3c(=O)c2c1. The summed E-state index contributed by atoms with van der Waals surface area (Å²) < 4.78 is 5.71. The van der Waals surface area contributed by atoms with Crippen LogP contribution in [0.2, 0.25) is 0 Å². The number of nitrogens with zero attached hydrogens (tertiary/aromatic N) is 1. The fourth-order valence-electron chi connectivity index (χ4n) is 3.57. The largest absolute Gasteiger partial charge is 0.494 e. The third-order valence-corrected chi connectivity index (χ3v) is 5.06. The Hall–Kier alpha value is -3.17. The van der Waals surface area contributed by atoms with Crippen molar-refractivity contribution in [3.8, 4) is 5.75 Å². The van der Waals surface area contributed by atoms with E-state index in [1.165, 1.54) is 6.07 Å². The van der Waals surface area contributed by atoms with E-state index in [9.17, 15) is 14.9 Å². The van der Waals surface area contributed by atoms with Gasteiger partial charge in [0.05, 0.1) is 29.0 Å². The number of nitro groups is 1. The quantitative estimate of drug-likeness (QED) is 0.138. The first-order chi connectivity index (χ1) is 14.4. The second-order valence-corrected chi connectivity index (χ2v) is 7.17. The average molecular weight is 414 g/mol. The Kier molecular flexibility index (Phi) is 6.53. The van der Waals surface area contributed by atoms with Crippen molar-refractivity contribution in [1.82, 2.24) is 10.3 Å². The summed E-state index contributed by atoms with van der Waals surface area (Å²) in [7, 11) is 0. The van der Waals surface area contributed by atoms with Gasteiger partial charge in [0.25, 0.3) is 5.69 Å². The Balaban J connectivity index is 2.30. The number of non-ortho nitro benzene ring substituents is 1. The first kappa shape index (κ1) is 21.5. The molecule has 1 atom stereocenters. The third-order valence-electron chi connectivity index (χ3n) is 5.06. The fraction of sp³-hybridized carbons (Fsp3) is 0.381. The second-order valence-electron chi connectivity index (χ2n) is 7.17. The van der Waals surface area contributed by atoms with Crippen LogP contribution in [0.3, 0.4) is 0 Å². The molecule has 1 heterocycles. The van der Waals surface area contributed by atoms with E-state index in [2.05, 4.69) is 17.2 Å². The van der Waals surface area contributed by atoms with Gasteiger partial charge in [-0.05, 0) is 31.5 Å². The van der Waals surface area contributed by atoms with Crippen molar-refractivity contribution in [2.45, 2.75) is 32.7 Å². The number of hydrogen-bond donors (Lipinski definition) is 4. The number of fused-ring (bicyclic) bond motifs is 2. The minimum atomic E-state index is -0.557. The number of H-pyrrole nitrogens is 1. The van der Waals surface area contributed by atoms with Crippen molar-refractivity contribution in [2.75, 3.05) is 25.5 Å². The lowest BCUT2D eigenvalue weighted by atomic mass is 9.97. The summed E-state index contributed by atoms with van der Waals surface area (Å²) in [6.07, 6.45) is 1.89. The van der Waals surface area contributed by atoms with Gasteiger partial charge in [0.1, 0.15) is 11.3 Å². The molecule has 1 unspecified atom stereocenters. The molecule has 0 aliphatic rings. The monoisotopic (exact) mass is 414 g/mol. The van der Waals surface area contributed by atoms with Crippen molar-refractivity contribution in [1.29, 1.82) is 0 Å². The van der Waals surface area contributed by atoms with Gasteiger partial charge in [0.15, 0.2) is 5.43 Å². The van der Waals surface area contributed by atoms with Crippen LogP contribution in [0.5, 0.6) is 5.75 Å². The number of anilines is 1. The zero-order chi connectivity index (χ0) is 21.8. The lowest BCUT2D eigenvalue weighted by Gasteiger charge is -2.18. The number of nitro benzene ring substituents is 1. The van der Waals surface area contributed by atoms with Crippen LogP contribution in [0.1, 0.15) is 38.3 Å². The zero-order valence-electron chi connectivity index (χ0n) is 17.0. The summed E-state index contributed by atoms with van der Waals surface area (Å²) in [6.45, 7) is 4.60. The number of rotatable bonds is 9. The van der Waals surface area contributed by atoms with E-state index in [1.807, 2.05) is 0 Å². The molecule has 0 saturated carbocycles. The molecule has 0 fully saturated rings. The number of nitrogen functional groups attached to an aromatic ring is 1. The second kappa shape index (κ2) is 9.10. The van der Waals surface area contributed by atoms with Gasteiger partial charge in [-0.25, -0.2) is 0 Å². The van der Waals surface area contributed by atoms with Gasteiger partial charge in [-0.1, -0.05) is 13.3 Å². The number of benzene rings is 2. The molecule has 9 heteroatoms. The highest BCUT2D eigenvalue weighted by molar-refractivity contribution is 6.01. The van der Waals surface area contributed by atoms with Crippen molar-refractivity contribution >= 4 is 33.2 Å². The number of hydrogen-bond acceptors (Lipinski definition) is 7. The number of pyridine rings is 1. The summed E-state index contributed by atoms with van der Waals surface area (Å²) >= 11 is 0. The van der Waals surface area contributed by atoms with E-state index in [0.717, 1.165) is 12.8 Å². The lowest BCUT2D eigenvalue weighted by molar-refractivity contribution is -0.383. The molecule has 5 N–H and O–H groups in total. The van der Waals surface area contributed by atoms with E-state index in [1.54, 1.807) is 25.1 Å². The van der Waals surface area contributed by atoms with Gasteiger partial charge < -0.3 is 25.9 Å². The summed E-state index contributed by atoms with van der Waals surface area (Å²) in [5.74, 6) is 0.562. The molecule has 3 rings (SSSR count). The van der Waals surface area contributed by atoms with Crippen LogP contribution in [0, 0.1) is 10.1 Å². The topological polar surface area (TPSA) is 144 Å². The number of unbranched alkanes of at least 4 members (excludes halogenated alkanes) is 1. The van der Waals surface area contributed by atoms with Crippen LogP contribution < -0.4 is 21.2 Å². The maximum absolute atomic E-state index is 13.5. The first-order valence-corrected chi connectivity index (χ1v) is 9.92. The van der Waals surface area contributed by atoms with E-state index < -0.39 is 11.0 Å². The molecular formula is C21H26N4O5. The Morgan fingerprint density at radius 2 is 2.13 bits per heavy atom. The third kappa shape index (κ3) is 4.07. The predicted molar refractivity (Wildman–Crippen MR) is 117 cm³/mol. The Labute approximate surface area is 173 Å². The maximum Gasteiger partial charge on any atom is 0.295 e. The molecular weight excluding hydrogens is 388 g/mol. The molecule has 0 radical (unpaired) electrons. The van der Waals surface area contributed by atoms with Crippen molar-refractivity contribution < 1.29 is 14.8 Å². The molecule has 0 bridgehead atoms. The lowest BCUT2D eigenvalue weighted by Crippen LogP contribution is -2.24. The van der Waals surface area contributed by atoms with Gasteiger partial charge in [-0.2, -0.15) is 0 Å². The number of aromatic nitrogens is 1. The zero-order valence-corrected chi connectivity index (χ0v) is 17.0. The van der Waals surface area contributed by atoms with Crippen LogP contribution >= 0.6 is 0 Å². The average Bonchev–Trinajstić information content (AvgIpc) is 2.72. The molecule has 160 valence electrons. The van der Waals surface area contributed by atoms with Crippen LogP contribution in [-0.2, 0) is 0 Å². The van der Waals surface area contributed by atoms with Gasteiger partial charge in [0, 0.05) is 35.3 Å². The number of aliphatic hydroxyl groups is 1. The number of aliphatic hydroxyl groups excluding tert-OH is 1. The van der Waals surface area contributed by atoms with Gasteiger partial charge in [-0.3, -0.25) is 14.9 Å². The predicted octanol–water partition coefficient (Wildman–Crippen LogP) is 2.99. The summed E-state index contributed by atoms with van der Waals surface area (Å²) in [5, 5.41) is 24.3. The molecule has 0 saturated heterocycles. The molecule has 0 aliphatic carbocycles. The number of nitrogens with one attached hydrogen (secondary N) is 2. The van der Waals surface area contributed by atoms with E-state index in [4.69, 9.17) is 15.6 Å². The van der Waals surface area contributed by atoms with E-state index in [-0.39, 0.29) is 34.3 Å². The highest BCUT2D eigenvalue weighted by Crippen LogP contribution is 2.35. The number of aromatic amines is 1. The highest BCUT2D eigenvalue weighted by Gasteiger charge is 2.24. The van der Waals surface area contributed by atoms with Crippen molar-refractivity contribution in [3.05, 3.63) is 50.2 Å². The minimum absolute atomic E-state index is 0.0904. The number of ether oxygens (including phenoxy) is 1. The van der Waals surface area contributed by atoms with Crippen LogP contribution in [0.4, 0.5) is 11.4 Å². The molecule has 2 aromatic carbocycles. The smallest absolute Gasteiger partial charge is 0.295 e. The van der Waals surface area contributed by atoms with Gasteiger partial charge in [0.2, 0.25) is 0 Å². The fourth-order valence-corrected chi connectivity index (χ4v) is 3.57. The van der Waals surface area contributed by atoms with E-state index >= 15 is 0 Å². The summed E-state index contributed by atoms with van der Waals surface area (Å²) in [5.41, 5.74) is 6.73. The Morgan fingerprint density at radius 1 is 1.37 bits per heavy atom. The summed E-state index contributed by atoms with van der Waals surface area (Å²) in [6, 6.07) is 5.93. The van der Waals surface area contributed by atoms with Crippen LogP contribution in [0.15, 0.2) is 29.1 Å². The Morgan fingerprint density at radius 3 is 2.80 bits per heavy atom. The van der Waals surface area contributed by atoms with E-state index in [0.29, 0.717) is 35.4 Å². The maximum atomic E-state index is 13.5. The van der Waals surface area contributed by atoms with Crippen molar-refractivity contribution in [2.24, 2.45) is 0 Å². The normalized spacial score (nSPS) is 12.4. The molecule has 0 spiro atoms. The van der Waals surface area contributed by atoms with Crippen LogP contribution in [-0.4, -0.2) is 34.8 Å². The minimum Gasteiger partial charge on any atom is -0.494 e. The Bertz CT molecular complexity index is 1140.